The number of nitrogens with two attached hydrogens (primary N) is 1. The van der Waals surface area contributed by atoms with Crippen LogP contribution in [0.2, 0.25) is 0 Å². The molecule has 2 heterocycles. The van der Waals surface area contributed by atoms with Crippen molar-refractivity contribution in [3.63, 3.8) is 0 Å². The summed E-state index contributed by atoms with van der Waals surface area (Å²) in [6.45, 7) is 0.691. The van der Waals surface area contributed by atoms with Crippen LogP contribution in [0.1, 0.15) is 0 Å². The smallest absolute Gasteiger partial charge is 0.207 e. The Morgan fingerprint density at radius 3 is 3.06 bits per heavy atom. The molecule has 6 heteroatoms. The molecule has 0 saturated carbocycles. The van der Waals surface area contributed by atoms with Crippen molar-refractivity contribution in [2.45, 2.75) is 0 Å². The molecule has 1 aromatic carbocycles. The molecule has 0 atom stereocenters. The molecule has 0 saturated heterocycles. The van der Waals surface area contributed by atoms with E-state index in [1.165, 1.54) is 0 Å². The lowest BCUT2D eigenvalue weighted by Gasteiger charge is -2.25. The van der Waals surface area contributed by atoms with Gasteiger partial charge >= 0.3 is 0 Å². The average molecular weight is 292 g/mol. The van der Waals surface area contributed by atoms with E-state index in [0.717, 1.165) is 21.8 Å². The predicted octanol–water partition coefficient (Wildman–Crippen LogP) is 2.61. The predicted molar refractivity (Wildman–Crippen MR) is 72.3 cm³/mol. The molecule has 0 aliphatic carbocycles. The van der Waals surface area contributed by atoms with Crippen molar-refractivity contribution in [2.75, 3.05) is 17.2 Å². The number of fused-ring (bicyclic) bond motifs is 1. The molecule has 0 amide bonds. The van der Waals surface area contributed by atoms with Crippen molar-refractivity contribution in [3.8, 4) is 0 Å². The van der Waals surface area contributed by atoms with Gasteiger partial charge in [-0.1, -0.05) is 0 Å². The SMILES string of the molecule is Nc1ccc2c(c1Br)N=CCN2c1ncc[nH]1. The summed E-state index contributed by atoms with van der Waals surface area (Å²) in [7, 11) is 0. The normalized spacial score (nSPS) is 13.8. The Kier molecular flexibility index (Phi) is 2.36. The summed E-state index contributed by atoms with van der Waals surface area (Å²) < 4.78 is 0.822. The average Bonchev–Trinajstić information content (AvgIpc) is 2.87. The second-order valence-electron chi connectivity index (χ2n) is 3.67. The maximum Gasteiger partial charge on any atom is 0.207 e. The quantitative estimate of drug-likeness (QED) is 0.794. The zero-order chi connectivity index (χ0) is 11.8. The number of nitrogens with zero attached hydrogens (tertiary/aromatic N) is 3. The molecule has 2 aromatic rings. The fraction of sp³-hybridized carbons (Fsp3) is 0.0909. The molecule has 0 fully saturated rings. The number of aromatic nitrogens is 2. The minimum absolute atomic E-state index is 0.683. The summed E-state index contributed by atoms with van der Waals surface area (Å²) in [6, 6.07) is 3.81. The van der Waals surface area contributed by atoms with Crippen LogP contribution >= 0.6 is 15.9 Å². The molecule has 1 aromatic heterocycles. The molecule has 17 heavy (non-hydrogen) atoms. The van der Waals surface area contributed by atoms with Gasteiger partial charge in [-0.2, -0.15) is 0 Å². The number of imidazole rings is 1. The summed E-state index contributed by atoms with van der Waals surface area (Å²) in [5, 5.41) is 0. The number of aliphatic imine (C=N–C) groups is 1. The van der Waals surface area contributed by atoms with Crippen LogP contribution in [0.3, 0.4) is 0 Å². The van der Waals surface area contributed by atoms with Crippen LogP contribution in [0.15, 0.2) is 34.0 Å². The second-order valence-corrected chi connectivity index (χ2v) is 4.46. The van der Waals surface area contributed by atoms with Gasteiger partial charge in [-0.25, -0.2) is 4.98 Å². The van der Waals surface area contributed by atoms with Crippen LogP contribution in [0, 0.1) is 0 Å². The summed E-state index contributed by atoms with van der Waals surface area (Å²) in [5.41, 5.74) is 8.36. The van der Waals surface area contributed by atoms with Gasteiger partial charge in [0.05, 0.1) is 16.7 Å². The number of aromatic amines is 1. The van der Waals surface area contributed by atoms with Gasteiger partial charge in [-0.15, -0.1) is 0 Å². The van der Waals surface area contributed by atoms with Gasteiger partial charge in [-0.05, 0) is 28.1 Å². The van der Waals surface area contributed by atoms with E-state index in [0.29, 0.717) is 12.2 Å². The number of anilines is 3. The van der Waals surface area contributed by atoms with E-state index >= 15 is 0 Å². The van der Waals surface area contributed by atoms with Crippen molar-refractivity contribution < 1.29 is 0 Å². The summed E-state index contributed by atoms with van der Waals surface area (Å²) in [6.07, 6.45) is 5.37. The Balaban J connectivity index is 2.16. The highest BCUT2D eigenvalue weighted by Crippen LogP contribution is 2.42. The van der Waals surface area contributed by atoms with E-state index < -0.39 is 0 Å². The fourth-order valence-electron chi connectivity index (χ4n) is 1.83. The number of hydrogen-bond acceptors (Lipinski definition) is 4. The molecule has 0 spiro atoms. The van der Waals surface area contributed by atoms with E-state index in [9.17, 15) is 0 Å². The molecule has 86 valence electrons. The van der Waals surface area contributed by atoms with Crippen molar-refractivity contribution in [3.05, 3.63) is 29.0 Å². The molecule has 0 radical (unpaired) electrons. The summed E-state index contributed by atoms with van der Waals surface area (Å²) in [5.74, 6) is 0.800. The Morgan fingerprint density at radius 2 is 2.29 bits per heavy atom. The van der Waals surface area contributed by atoms with E-state index in [2.05, 4.69) is 30.9 Å². The Labute approximate surface area is 107 Å². The minimum atomic E-state index is 0.683. The Bertz CT molecular complexity index is 576. The van der Waals surface area contributed by atoms with Crippen molar-refractivity contribution >= 4 is 45.2 Å². The first-order chi connectivity index (χ1) is 8.27. The second kappa shape index (κ2) is 3.89. The number of hydrogen-bond donors (Lipinski definition) is 2. The zero-order valence-corrected chi connectivity index (χ0v) is 10.5. The molecule has 5 nitrogen and oxygen atoms in total. The van der Waals surface area contributed by atoms with Crippen LogP contribution < -0.4 is 10.6 Å². The van der Waals surface area contributed by atoms with Crippen LogP contribution in [0.5, 0.6) is 0 Å². The van der Waals surface area contributed by atoms with Crippen LogP contribution in [-0.4, -0.2) is 22.7 Å². The molecule has 0 unspecified atom stereocenters. The number of rotatable bonds is 1. The molecule has 3 rings (SSSR count). The van der Waals surface area contributed by atoms with Crippen LogP contribution in [0.25, 0.3) is 0 Å². The molecule has 1 aliphatic heterocycles. The number of nitrogens with one attached hydrogen (secondary N) is 1. The van der Waals surface area contributed by atoms with Crippen molar-refractivity contribution in [1.82, 2.24) is 9.97 Å². The Morgan fingerprint density at radius 1 is 1.41 bits per heavy atom. The highest BCUT2D eigenvalue weighted by Gasteiger charge is 2.20. The first kappa shape index (κ1) is 10.3. The maximum absolute atomic E-state index is 5.85. The highest BCUT2D eigenvalue weighted by molar-refractivity contribution is 9.10. The number of benzene rings is 1. The first-order valence-electron chi connectivity index (χ1n) is 5.15. The topological polar surface area (TPSA) is 70.3 Å². The lowest BCUT2D eigenvalue weighted by atomic mass is 10.2. The number of H-pyrrole nitrogens is 1. The lowest BCUT2D eigenvalue weighted by Crippen LogP contribution is -2.23. The van der Waals surface area contributed by atoms with E-state index in [4.69, 9.17) is 5.73 Å². The van der Waals surface area contributed by atoms with Gasteiger partial charge in [0.2, 0.25) is 5.95 Å². The zero-order valence-electron chi connectivity index (χ0n) is 8.89. The standard InChI is InChI=1S/C11H10BrN5/c12-9-7(13)1-2-8-10(9)14-5-6-17(8)11-15-3-4-16-11/h1-5H,6,13H2,(H,15,16). The van der Waals surface area contributed by atoms with Crippen LogP contribution in [-0.2, 0) is 0 Å². The molecule has 1 aliphatic rings. The third-order valence-corrected chi connectivity index (χ3v) is 3.47. The van der Waals surface area contributed by atoms with Gasteiger partial charge in [0.25, 0.3) is 0 Å². The largest absolute Gasteiger partial charge is 0.398 e. The molecule has 0 bridgehead atoms. The first-order valence-corrected chi connectivity index (χ1v) is 5.94. The van der Waals surface area contributed by atoms with E-state index in [-0.39, 0.29) is 0 Å². The monoisotopic (exact) mass is 291 g/mol. The third kappa shape index (κ3) is 1.61. The summed E-state index contributed by atoms with van der Waals surface area (Å²) in [4.78, 5) is 13.8. The molecular weight excluding hydrogens is 282 g/mol. The van der Waals surface area contributed by atoms with E-state index in [1.54, 1.807) is 12.4 Å². The van der Waals surface area contributed by atoms with Crippen molar-refractivity contribution in [2.24, 2.45) is 4.99 Å². The number of halogens is 1. The highest BCUT2D eigenvalue weighted by atomic mass is 79.9. The molecule has 3 N–H and O–H groups in total. The fourth-order valence-corrected chi connectivity index (χ4v) is 2.27. The maximum atomic E-state index is 5.85. The summed E-state index contributed by atoms with van der Waals surface area (Å²) >= 11 is 3.46. The number of nitrogen functional groups attached to an aromatic ring is 1. The lowest BCUT2D eigenvalue weighted by molar-refractivity contribution is 1.04. The van der Waals surface area contributed by atoms with Gasteiger partial charge in [0, 0.05) is 24.3 Å². The van der Waals surface area contributed by atoms with Gasteiger partial charge in [-0.3, -0.25) is 4.99 Å². The molecular formula is C11H10BrN5. The van der Waals surface area contributed by atoms with Crippen LogP contribution in [0.4, 0.5) is 23.0 Å². The minimum Gasteiger partial charge on any atom is -0.398 e. The van der Waals surface area contributed by atoms with Gasteiger partial charge in [0.1, 0.15) is 5.69 Å². The Hall–Kier alpha value is -1.82. The van der Waals surface area contributed by atoms with Crippen molar-refractivity contribution in [1.29, 1.82) is 0 Å². The third-order valence-electron chi connectivity index (χ3n) is 2.64. The van der Waals surface area contributed by atoms with Gasteiger partial charge in [0.15, 0.2) is 0 Å². The van der Waals surface area contributed by atoms with E-state index in [1.807, 2.05) is 23.2 Å². The van der Waals surface area contributed by atoms with Gasteiger partial charge < -0.3 is 15.6 Å².